The van der Waals surface area contributed by atoms with Gasteiger partial charge in [0, 0.05) is 51.2 Å². The lowest BCUT2D eigenvalue weighted by molar-refractivity contribution is -0.139. The molecule has 0 bridgehead atoms. The van der Waals surface area contributed by atoms with E-state index >= 15 is 0 Å². The van der Waals surface area contributed by atoms with Crippen molar-refractivity contribution in [3.8, 4) is 0 Å². The first-order valence-electron chi connectivity index (χ1n) is 9.74. The van der Waals surface area contributed by atoms with Gasteiger partial charge >= 0.3 is 0 Å². The fourth-order valence-electron chi connectivity index (χ4n) is 4.83. The summed E-state index contributed by atoms with van der Waals surface area (Å²) in [7, 11) is 1.81. The third-order valence-corrected chi connectivity index (χ3v) is 6.94. The molecule has 2 saturated heterocycles. The van der Waals surface area contributed by atoms with Gasteiger partial charge in [0.15, 0.2) is 0 Å². The predicted octanol–water partition coefficient (Wildman–Crippen LogP) is 1.55. The third-order valence-electron chi connectivity index (χ3n) is 6.94. The summed E-state index contributed by atoms with van der Waals surface area (Å²) in [6.45, 7) is 7.42. The van der Waals surface area contributed by atoms with Gasteiger partial charge in [0.05, 0.1) is 5.92 Å². The van der Waals surface area contributed by atoms with E-state index in [9.17, 15) is 9.59 Å². The fourth-order valence-corrected chi connectivity index (χ4v) is 4.83. The molecular weight excluding hydrogens is 326 g/mol. The first kappa shape index (κ1) is 17.5. The molecule has 2 amide bonds. The van der Waals surface area contributed by atoms with Gasteiger partial charge in [-0.05, 0) is 37.8 Å². The largest absolute Gasteiger partial charge is 0.340 e. The minimum Gasteiger partial charge on any atom is -0.340 e. The summed E-state index contributed by atoms with van der Waals surface area (Å²) in [5.41, 5.74) is 2.56. The molecule has 0 saturated carbocycles. The van der Waals surface area contributed by atoms with Crippen LogP contribution >= 0.6 is 0 Å². The van der Waals surface area contributed by atoms with Crippen molar-refractivity contribution in [2.24, 2.45) is 5.92 Å². The molecule has 0 aromatic heterocycles. The van der Waals surface area contributed by atoms with Crippen LogP contribution in [0.4, 0.5) is 0 Å². The molecule has 1 aliphatic carbocycles. The molecule has 1 unspecified atom stereocenters. The number of carbonyl (C=O) groups excluding carboxylic acids is 2. The zero-order valence-corrected chi connectivity index (χ0v) is 16.1. The number of amides is 2. The van der Waals surface area contributed by atoms with Crippen LogP contribution in [0, 0.1) is 5.92 Å². The summed E-state index contributed by atoms with van der Waals surface area (Å²) in [6, 6.07) is 9.30. The molecule has 4 rings (SSSR count). The Morgan fingerprint density at radius 3 is 2.08 bits per heavy atom. The number of fused-ring (bicyclic) bond motifs is 1. The van der Waals surface area contributed by atoms with E-state index < -0.39 is 5.54 Å². The average Bonchev–Trinajstić information content (AvgIpc) is 3.16. The van der Waals surface area contributed by atoms with Gasteiger partial charge in [-0.2, -0.15) is 0 Å². The Morgan fingerprint density at radius 1 is 1.00 bits per heavy atom. The number of piperazine rings is 1. The summed E-state index contributed by atoms with van der Waals surface area (Å²) in [6.07, 6.45) is 2.60. The van der Waals surface area contributed by atoms with Gasteiger partial charge in [-0.15, -0.1) is 0 Å². The van der Waals surface area contributed by atoms with Crippen molar-refractivity contribution in [2.45, 2.75) is 44.7 Å². The summed E-state index contributed by atoms with van der Waals surface area (Å²) in [4.78, 5) is 31.4. The highest BCUT2D eigenvalue weighted by Crippen LogP contribution is 2.36. The number of benzene rings is 1. The van der Waals surface area contributed by atoms with E-state index in [-0.39, 0.29) is 17.7 Å². The molecule has 0 N–H and O–H groups in total. The Balaban J connectivity index is 1.36. The molecule has 2 fully saturated rings. The Morgan fingerprint density at radius 2 is 1.58 bits per heavy atom. The van der Waals surface area contributed by atoms with Gasteiger partial charge < -0.3 is 9.80 Å². The summed E-state index contributed by atoms with van der Waals surface area (Å²) in [5.74, 6) is 0.0139. The molecule has 0 spiro atoms. The van der Waals surface area contributed by atoms with Gasteiger partial charge in [-0.3, -0.25) is 14.5 Å². The van der Waals surface area contributed by atoms with Crippen molar-refractivity contribution >= 4 is 11.8 Å². The molecule has 1 atom stereocenters. The first-order chi connectivity index (χ1) is 12.4. The molecule has 5 heteroatoms. The smallest absolute Gasteiger partial charge is 0.228 e. The van der Waals surface area contributed by atoms with E-state index in [1.807, 2.05) is 25.8 Å². The zero-order valence-electron chi connectivity index (χ0n) is 16.1. The molecule has 26 heavy (non-hydrogen) atoms. The van der Waals surface area contributed by atoms with E-state index in [0.29, 0.717) is 12.5 Å². The lowest BCUT2D eigenvalue weighted by Crippen LogP contribution is -2.55. The normalized spacial score (nSPS) is 26.4. The molecule has 0 radical (unpaired) electrons. The second-order valence-electron chi connectivity index (χ2n) is 8.56. The zero-order chi connectivity index (χ0) is 18.5. The van der Waals surface area contributed by atoms with Crippen molar-refractivity contribution in [1.82, 2.24) is 14.7 Å². The summed E-state index contributed by atoms with van der Waals surface area (Å²) < 4.78 is 0. The maximum Gasteiger partial charge on any atom is 0.228 e. The average molecular weight is 355 g/mol. The minimum absolute atomic E-state index is 0.0794. The van der Waals surface area contributed by atoms with Gasteiger partial charge in [-0.1, -0.05) is 24.3 Å². The molecule has 1 aromatic rings. The number of carbonyl (C=O) groups is 2. The van der Waals surface area contributed by atoms with Crippen molar-refractivity contribution < 1.29 is 9.59 Å². The maximum atomic E-state index is 13.0. The quantitative estimate of drug-likeness (QED) is 0.809. The molecule has 3 aliphatic rings. The highest BCUT2D eigenvalue weighted by molar-refractivity contribution is 5.91. The molecule has 1 aromatic carbocycles. The van der Waals surface area contributed by atoms with Crippen LogP contribution in [-0.4, -0.2) is 71.3 Å². The van der Waals surface area contributed by atoms with Crippen LogP contribution in [0.25, 0.3) is 0 Å². The van der Waals surface area contributed by atoms with Crippen molar-refractivity contribution in [3.63, 3.8) is 0 Å². The van der Waals surface area contributed by atoms with E-state index in [4.69, 9.17) is 0 Å². The standard InChI is InChI=1S/C21H29N3O2/c1-21(2)18(14-19(25)22(21)3)20(26)24-10-8-23(9-11-24)17-12-15-6-4-5-7-16(15)13-17/h4-7,17-18H,8-14H2,1-3H3. The number of rotatable bonds is 2. The molecule has 2 aliphatic heterocycles. The Kier molecular flexibility index (Phi) is 4.30. The van der Waals surface area contributed by atoms with E-state index in [0.717, 1.165) is 39.0 Å². The second kappa shape index (κ2) is 6.38. The van der Waals surface area contributed by atoms with Crippen LogP contribution in [0.2, 0.25) is 0 Å². The van der Waals surface area contributed by atoms with Crippen molar-refractivity contribution in [2.75, 3.05) is 33.2 Å². The van der Waals surface area contributed by atoms with Gasteiger partial charge in [-0.25, -0.2) is 0 Å². The van der Waals surface area contributed by atoms with E-state index in [2.05, 4.69) is 29.2 Å². The van der Waals surface area contributed by atoms with Gasteiger partial charge in [0.1, 0.15) is 0 Å². The van der Waals surface area contributed by atoms with Gasteiger partial charge in [0.25, 0.3) is 0 Å². The molecule has 5 nitrogen and oxygen atoms in total. The van der Waals surface area contributed by atoms with Crippen LogP contribution in [0.3, 0.4) is 0 Å². The second-order valence-corrected chi connectivity index (χ2v) is 8.56. The molecular formula is C21H29N3O2. The molecule has 140 valence electrons. The lowest BCUT2D eigenvalue weighted by atomic mass is 9.87. The van der Waals surface area contributed by atoms with Crippen LogP contribution in [0.5, 0.6) is 0 Å². The highest BCUT2D eigenvalue weighted by Gasteiger charge is 2.49. The summed E-state index contributed by atoms with van der Waals surface area (Å²) in [5, 5.41) is 0. The van der Waals surface area contributed by atoms with Crippen LogP contribution < -0.4 is 0 Å². The third kappa shape index (κ3) is 2.82. The Labute approximate surface area is 155 Å². The highest BCUT2D eigenvalue weighted by atomic mass is 16.2. The van der Waals surface area contributed by atoms with Crippen LogP contribution in [0.1, 0.15) is 31.4 Å². The summed E-state index contributed by atoms with van der Waals surface area (Å²) >= 11 is 0. The van der Waals surface area contributed by atoms with Crippen LogP contribution in [-0.2, 0) is 22.4 Å². The monoisotopic (exact) mass is 355 g/mol. The topological polar surface area (TPSA) is 43.9 Å². The fraction of sp³-hybridized carbons (Fsp3) is 0.619. The minimum atomic E-state index is -0.390. The van der Waals surface area contributed by atoms with Gasteiger partial charge in [0.2, 0.25) is 11.8 Å². The Bertz CT molecular complexity index is 697. The van der Waals surface area contributed by atoms with E-state index in [1.165, 1.54) is 11.1 Å². The number of nitrogens with zero attached hydrogens (tertiary/aromatic N) is 3. The predicted molar refractivity (Wildman–Crippen MR) is 101 cm³/mol. The first-order valence-corrected chi connectivity index (χ1v) is 9.74. The van der Waals surface area contributed by atoms with Crippen LogP contribution in [0.15, 0.2) is 24.3 Å². The number of hydrogen-bond acceptors (Lipinski definition) is 3. The van der Waals surface area contributed by atoms with E-state index in [1.54, 1.807) is 4.90 Å². The maximum absolute atomic E-state index is 13.0. The number of likely N-dealkylation sites (tertiary alicyclic amines) is 1. The number of hydrogen-bond donors (Lipinski definition) is 0. The lowest BCUT2D eigenvalue weighted by Gasteiger charge is -2.41. The Hall–Kier alpha value is -1.88. The van der Waals surface area contributed by atoms with Crippen molar-refractivity contribution in [1.29, 1.82) is 0 Å². The molecule has 2 heterocycles. The van der Waals surface area contributed by atoms with Crippen molar-refractivity contribution in [3.05, 3.63) is 35.4 Å². The SMILES string of the molecule is CN1C(=O)CC(C(=O)N2CCN(C3Cc4ccccc4C3)CC2)C1(C)C.